The van der Waals surface area contributed by atoms with Crippen LogP contribution in [0.2, 0.25) is 10.3 Å². The molecule has 0 aliphatic carbocycles. The van der Waals surface area contributed by atoms with Crippen molar-refractivity contribution in [1.82, 2.24) is 4.98 Å². The van der Waals surface area contributed by atoms with Crippen LogP contribution in [0.3, 0.4) is 0 Å². The Bertz CT molecular complexity index is 552. The number of nitrogens with zero attached hydrogens (tertiary/aromatic N) is 1. The van der Waals surface area contributed by atoms with E-state index in [-0.39, 0.29) is 0 Å². The molecule has 0 spiro atoms. The lowest BCUT2D eigenvalue weighted by atomic mass is 9.97. The molecule has 0 atom stereocenters. The first-order valence-corrected chi connectivity index (χ1v) is 6.49. The van der Waals surface area contributed by atoms with Gasteiger partial charge in [0.05, 0.1) is 0 Å². The standard InChI is InChI=1S/C12H10BrCl2N/c1-6(2)7-3-4-9(13)11-8(7)5-10(14)16-12(11)15/h3-6H,1-2H3. The summed E-state index contributed by atoms with van der Waals surface area (Å²) < 4.78 is 0.945. The van der Waals surface area contributed by atoms with Crippen LogP contribution < -0.4 is 0 Å². The van der Waals surface area contributed by atoms with Crippen LogP contribution in [0.4, 0.5) is 0 Å². The van der Waals surface area contributed by atoms with E-state index in [1.165, 1.54) is 5.56 Å². The van der Waals surface area contributed by atoms with Gasteiger partial charge in [0.25, 0.3) is 0 Å². The molecule has 0 aliphatic rings. The van der Waals surface area contributed by atoms with Gasteiger partial charge in [0.2, 0.25) is 0 Å². The molecule has 1 nitrogen and oxygen atoms in total. The van der Waals surface area contributed by atoms with Crippen molar-refractivity contribution in [2.75, 3.05) is 0 Å². The topological polar surface area (TPSA) is 12.9 Å². The highest BCUT2D eigenvalue weighted by atomic mass is 79.9. The average molecular weight is 319 g/mol. The fraction of sp³-hybridized carbons (Fsp3) is 0.250. The number of rotatable bonds is 1. The van der Waals surface area contributed by atoms with E-state index in [1.54, 1.807) is 0 Å². The molecule has 2 aromatic rings. The highest BCUT2D eigenvalue weighted by molar-refractivity contribution is 9.10. The Kier molecular flexibility index (Phi) is 3.43. The van der Waals surface area contributed by atoms with E-state index in [2.05, 4.69) is 40.8 Å². The van der Waals surface area contributed by atoms with E-state index < -0.39 is 0 Å². The number of hydrogen-bond donors (Lipinski definition) is 0. The Hall–Kier alpha value is -0.310. The summed E-state index contributed by atoms with van der Waals surface area (Å²) in [5.74, 6) is 0.421. The first-order valence-electron chi connectivity index (χ1n) is 4.95. The summed E-state index contributed by atoms with van der Waals surface area (Å²) in [6.45, 7) is 4.29. The van der Waals surface area contributed by atoms with Gasteiger partial charge in [-0.15, -0.1) is 0 Å². The van der Waals surface area contributed by atoms with Crippen molar-refractivity contribution < 1.29 is 0 Å². The summed E-state index contributed by atoms with van der Waals surface area (Å²) >= 11 is 15.5. The number of benzene rings is 1. The normalized spacial score (nSPS) is 11.4. The van der Waals surface area contributed by atoms with Crippen molar-refractivity contribution in [3.8, 4) is 0 Å². The molecule has 84 valence electrons. The van der Waals surface area contributed by atoms with Gasteiger partial charge < -0.3 is 0 Å². The molecule has 1 aromatic carbocycles. The monoisotopic (exact) mass is 317 g/mol. The first-order chi connectivity index (χ1) is 7.50. The molecule has 0 saturated heterocycles. The van der Waals surface area contributed by atoms with Gasteiger partial charge in [-0.1, -0.05) is 59.0 Å². The molecule has 0 bridgehead atoms. The third-order valence-corrected chi connectivity index (χ3v) is 3.65. The Morgan fingerprint density at radius 3 is 2.56 bits per heavy atom. The van der Waals surface area contributed by atoms with Crippen LogP contribution in [0.1, 0.15) is 25.3 Å². The largest absolute Gasteiger partial charge is 0.224 e. The van der Waals surface area contributed by atoms with Crippen LogP contribution in [0, 0.1) is 0 Å². The smallest absolute Gasteiger partial charge is 0.139 e. The van der Waals surface area contributed by atoms with E-state index in [4.69, 9.17) is 23.2 Å². The second-order valence-corrected chi connectivity index (χ2v) is 5.55. The van der Waals surface area contributed by atoms with Crippen LogP contribution in [0.5, 0.6) is 0 Å². The third kappa shape index (κ3) is 2.06. The highest BCUT2D eigenvalue weighted by Gasteiger charge is 2.12. The Balaban J connectivity index is 2.92. The van der Waals surface area contributed by atoms with E-state index in [0.29, 0.717) is 16.2 Å². The molecule has 0 unspecified atom stereocenters. The summed E-state index contributed by atoms with van der Waals surface area (Å²) in [6, 6.07) is 5.95. The Labute approximate surface area is 113 Å². The molecule has 0 fully saturated rings. The maximum Gasteiger partial charge on any atom is 0.139 e. The van der Waals surface area contributed by atoms with Crippen molar-refractivity contribution in [2.45, 2.75) is 19.8 Å². The molecule has 4 heteroatoms. The predicted octanol–water partition coefficient (Wildman–Crippen LogP) is 5.43. The minimum atomic E-state index is 0.421. The second-order valence-electron chi connectivity index (χ2n) is 3.95. The molecule has 0 radical (unpaired) electrons. The minimum absolute atomic E-state index is 0.421. The van der Waals surface area contributed by atoms with Gasteiger partial charge in [0.15, 0.2) is 0 Å². The molecular formula is C12H10BrCl2N. The summed E-state index contributed by atoms with van der Waals surface area (Å²) in [4.78, 5) is 4.06. The number of hydrogen-bond acceptors (Lipinski definition) is 1. The number of aromatic nitrogens is 1. The maximum absolute atomic E-state index is 6.12. The van der Waals surface area contributed by atoms with Crippen LogP contribution >= 0.6 is 39.1 Å². The summed E-state index contributed by atoms with van der Waals surface area (Å²) in [6.07, 6.45) is 0. The number of fused-ring (bicyclic) bond motifs is 1. The summed E-state index contributed by atoms with van der Waals surface area (Å²) in [5.41, 5.74) is 1.23. The van der Waals surface area contributed by atoms with E-state index in [9.17, 15) is 0 Å². The van der Waals surface area contributed by atoms with Crippen LogP contribution in [-0.4, -0.2) is 4.98 Å². The van der Waals surface area contributed by atoms with Gasteiger partial charge in [-0.05, 0) is 29.0 Å². The number of halogens is 3. The lowest BCUT2D eigenvalue weighted by Crippen LogP contribution is -1.92. The van der Waals surface area contributed by atoms with Gasteiger partial charge in [-0.3, -0.25) is 0 Å². The first kappa shape index (κ1) is 12.2. The summed E-state index contributed by atoms with van der Waals surface area (Å²) in [7, 11) is 0. The predicted molar refractivity (Wildman–Crippen MR) is 73.6 cm³/mol. The summed E-state index contributed by atoms with van der Waals surface area (Å²) in [5, 5.41) is 2.86. The quantitative estimate of drug-likeness (QED) is 0.639. The number of pyridine rings is 1. The molecule has 16 heavy (non-hydrogen) atoms. The Morgan fingerprint density at radius 1 is 1.25 bits per heavy atom. The molecule has 1 aromatic heterocycles. The van der Waals surface area contributed by atoms with Crippen LogP contribution in [-0.2, 0) is 0 Å². The molecule has 2 rings (SSSR count). The SMILES string of the molecule is CC(C)c1ccc(Br)c2c(Cl)nc(Cl)cc12. The van der Waals surface area contributed by atoms with Gasteiger partial charge in [0, 0.05) is 9.86 Å². The van der Waals surface area contributed by atoms with Gasteiger partial charge in [-0.2, -0.15) is 0 Å². The zero-order valence-corrected chi connectivity index (χ0v) is 12.0. The molecular weight excluding hydrogens is 309 g/mol. The molecule has 0 aliphatic heterocycles. The molecule has 0 amide bonds. The lowest BCUT2D eigenvalue weighted by Gasteiger charge is -2.12. The molecule has 0 N–H and O–H groups in total. The third-order valence-electron chi connectivity index (χ3n) is 2.53. The fourth-order valence-electron chi connectivity index (χ4n) is 1.78. The minimum Gasteiger partial charge on any atom is -0.224 e. The molecule has 1 heterocycles. The fourth-order valence-corrected chi connectivity index (χ4v) is 2.96. The van der Waals surface area contributed by atoms with Crippen LogP contribution in [0.15, 0.2) is 22.7 Å². The molecule has 0 saturated carbocycles. The zero-order chi connectivity index (χ0) is 11.9. The second kappa shape index (κ2) is 4.52. The van der Waals surface area contributed by atoms with E-state index >= 15 is 0 Å². The van der Waals surface area contributed by atoms with Gasteiger partial charge in [0.1, 0.15) is 10.3 Å². The maximum atomic E-state index is 6.12. The average Bonchev–Trinajstić information content (AvgIpc) is 2.15. The van der Waals surface area contributed by atoms with Crippen molar-refractivity contribution in [2.24, 2.45) is 0 Å². The highest BCUT2D eigenvalue weighted by Crippen LogP contribution is 2.35. The van der Waals surface area contributed by atoms with Crippen molar-refractivity contribution in [3.63, 3.8) is 0 Å². The Morgan fingerprint density at radius 2 is 1.94 bits per heavy atom. The van der Waals surface area contributed by atoms with Crippen molar-refractivity contribution in [1.29, 1.82) is 0 Å². The van der Waals surface area contributed by atoms with Crippen molar-refractivity contribution >= 4 is 49.9 Å². The van der Waals surface area contributed by atoms with Gasteiger partial charge in [-0.25, -0.2) is 4.98 Å². The lowest BCUT2D eigenvalue weighted by molar-refractivity contribution is 0.876. The van der Waals surface area contributed by atoms with Crippen molar-refractivity contribution in [3.05, 3.63) is 38.5 Å². The van der Waals surface area contributed by atoms with Gasteiger partial charge >= 0.3 is 0 Å². The van der Waals surface area contributed by atoms with E-state index in [0.717, 1.165) is 15.2 Å². The zero-order valence-electron chi connectivity index (χ0n) is 8.89. The van der Waals surface area contributed by atoms with E-state index in [1.807, 2.05) is 12.1 Å². The van der Waals surface area contributed by atoms with Crippen LogP contribution in [0.25, 0.3) is 10.8 Å².